The van der Waals surface area contributed by atoms with Gasteiger partial charge in [-0.05, 0) is 53.7 Å². The van der Waals surface area contributed by atoms with Crippen LogP contribution in [0.5, 0.6) is 0 Å². The average molecular weight is 572 g/mol. The Morgan fingerprint density at radius 3 is 2.73 bits per heavy atom. The molecule has 1 atom stereocenters. The number of imidazole rings is 1. The van der Waals surface area contributed by atoms with Crippen LogP contribution in [0.15, 0.2) is 58.5 Å². The number of carbonyl (C=O) groups excluding carboxylic acids is 1. The molecule has 1 aliphatic carbocycles. The molecule has 2 aliphatic heterocycles. The van der Waals surface area contributed by atoms with Crippen molar-refractivity contribution in [1.29, 1.82) is 0 Å². The molecule has 3 aromatic rings. The molecule has 0 radical (unpaired) electrons. The third-order valence-electron chi connectivity index (χ3n) is 9.12. The van der Waals surface area contributed by atoms with Crippen LogP contribution in [0.3, 0.4) is 0 Å². The second kappa shape index (κ2) is 10.3. The Hall–Kier alpha value is -3.69. The van der Waals surface area contributed by atoms with Crippen LogP contribution in [-0.2, 0) is 35.5 Å². The lowest BCUT2D eigenvalue weighted by atomic mass is 9.80. The maximum atomic E-state index is 12.4. The number of ether oxygens (including phenoxy) is 1. The van der Waals surface area contributed by atoms with E-state index in [0.717, 1.165) is 42.5 Å². The summed E-state index contributed by atoms with van der Waals surface area (Å²) in [6.07, 6.45) is 6.40. The van der Waals surface area contributed by atoms with Gasteiger partial charge in [0.25, 0.3) is 0 Å². The first-order chi connectivity index (χ1) is 19.6. The number of aryl methyl sites for hydroxylation is 2. The highest BCUT2D eigenvalue weighted by atomic mass is 28.3. The van der Waals surface area contributed by atoms with Crippen LogP contribution in [-0.4, -0.2) is 50.6 Å². The van der Waals surface area contributed by atoms with E-state index in [1.54, 1.807) is 23.6 Å². The second-order valence-electron chi connectivity index (χ2n) is 12.3. The van der Waals surface area contributed by atoms with Gasteiger partial charge in [0.2, 0.25) is 5.56 Å². The first kappa shape index (κ1) is 27.5. The summed E-state index contributed by atoms with van der Waals surface area (Å²) in [7, 11) is -1.50. The lowest BCUT2D eigenvalue weighted by Crippen LogP contribution is -2.49. The number of nitrogens with zero attached hydrogens (tertiary/aromatic N) is 3. The van der Waals surface area contributed by atoms with E-state index in [9.17, 15) is 19.8 Å². The van der Waals surface area contributed by atoms with E-state index < -0.39 is 19.6 Å². The van der Waals surface area contributed by atoms with Gasteiger partial charge in [-0.1, -0.05) is 56.4 Å². The van der Waals surface area contributed by atoms with Gasteiger partial charge in [0.1, 0.15) is 23.2 Å². The van der Waals surface area contributed by atoms with E-state index in [1.165, 1.54) is 11.1 Å². The van der Waals surface area contributed by atoms with Crippen LogP contribution in [0.4, 0.5) is 0 Å². The van der Waals surface area contributed by atoms with E-state index in [4.69, 9.17) is 9.72 Å². The molecule has 0 bridgehead atoms. The zero-order valence-corrected chi connectivity index (χ0v) is 24.9. The summed E-state index contributed by atoms with van der Waals surface area (Å²) in [5, 5.41) is 23.1. The molecular formula is C32H37N3O5Si. The number of benzene rings is 1. The van der Waals surface area contributed by atoms with Crippen LogP contribution in [0.1, 0.15) is 42.1 Å². The van der Waals surface area contributed by atoms with Gasteiger partial charge in [0.15, 0.2) is 5.60 Å². The molecule has 214 valence electrons. The predicted octanol–water partition coefficient (Wildman–Crippen LogP) is 2.79. The van der Waals surface area contributed by atoms with Gasteiger partial charge in [-0.3, -0.25) is 4.79 Å². The Balaban J connectivity index is 1.24. The van der Waals surface area contributed by atoms with Crippen LogP contribution in [0.2, 0.25) is 25.2 Å². The molecule has 4 heterocycles. The molecule has 0 amide bonds. The molecule has 0 unspecified atom stereocenters. The first-order valence-electron chi connectivity index (χ1n) is 14.5. The van der Waals surface area contributed by atoms with Gasteiger partial charge in [0.05, 0.1) is 12.2 Å². The van der Waals surface area contributed by atoms with Crippen molar-refractivity contribution in [3.05, 3.63) is 97.3 Å². The van der Waals surface area contributed by atoms with Crippen molar-refractivity contribution < 1.29 is 19.7 Å². The molecule has 2 N–H and O–H groups in total. The van der Waals surface area contributed by atoms with Crippen LogP contribution >= 0.6 is 0 Å². The summed E-state index contributed by atoms with van der Waals surface area (Å²) in [6, 6.07) is 14.0. The Kier molecular flexibility index (Phi) is 6.90. The molecule has 0 saturated carbocycles. The number of cyclic esters (lactones) is 1. The van der Waals surface area contributed by atoms with Gasteiger partial charge in [-0.15, -0.1) is 0 Å². The summed E-state index contributed by atoms with van der Waals surface area (Å²) >= 11 is 0. The number of hydrogen-bond acceptors (Lipinski definition) is 6. The van der Waals surface area contributed by atoms with E-state index >= 15 is 0 Å². The maximum Gasteiger partial charge on any atom is 0.342 e. The van der Waals surface area contributed by atoms with Crippen LogP contribution in [0, 0.1) is 0 Å². The molecular weight excluding hydrogens is 534 g/mol. The van der Waals surface area contributed by atoms with Crippen molar-refractivity contribution in [2.24, 2.45) is 0 Å². The molecule has 9 heteroatoms. The van der Waals surface area contributed by atoms with Gasteiger partial charge < -0.3 is 24.1 Å². The van der Waals surface area contributed by atoms with Gasteiger partial charge in [-0.25, -0.2) is 9.78 Å². The Morgan fingerprint density at radius 2 is 1.95 bits per heavy atom. The van der Waals surface area contributed by atoms with E-state index in [-0.39, 0.29) is 24.3 Å². The van der Waals surface area contributed by atoms with Crippen LogP contribution in [0.25, 0.3) is 11.8 Å². The smallest absolute Gasteiger partial charge is 0.342 e. The van der Waals surface area contributed by atoms with Crippen molar-refractivity contribution in [2.75, 3.05) is 6.61 Å². The number of rotatable bonds is 8. The molecule has 0 spiro atoms. The predicted molar refractivity (Wildman–Crippen MR) is 160 cm³/mol. The SMILES string of the molecule is CC[C@@]1(O)C(=O)OCC2=C1Cc1nc3n(c1=C2O)Cc1c(cccc1CC[Si](C)(C)CCCn1ccccc1=O)C=3. The topological polar surface area (TPSA) is 107 Å². The molecule has 1 aromatic carbocycles. The van der Waals surface area contributed by atoms with Gasteiger partial charge in [0, 0.05) is 38.9 Å². The molecule has 0 saturated heterocycles. The molecule has 41 heavy (non-hydrogen) atoms. The third-order valence-corrected chi connectivity index (χ3v) is 12.4. The Labute approximate surface area is 240 Å². The number of carbonyl (C=O) groups is 1. The summed E-state index contributed by atoms with van der Waals surface area (Å²) in [6.45, 7) is 7.91. The van der Waals surface area contributed by atoms with Crippen molar-refractivity contribution in [1.82, 2.24) is 14.1 Å². The van der Waals surface area contributed by atoms with Crippen LogP contribution < -0.4 is 16.4 Å². The van der Waals surface area contributed by atoms with Gasteiger partial charge in [-0.2, -0.15) is 0 Å². The number of aromatic nitrogens is 3. The van der Waals surface area contributed by atoms with Crippen molar-refractivity contribution in [3.63, 3.8) is 0 Å². The van der Waals surface area contributed by atoms with E-state index in [2.05, 4.69) is 41.9 Å². The zero-order chi connectivity index (χ0) is 28.9. The minimum atomic E-state index is -1.74. The van der Waals surface area contributed by atoms with E-state index in [0.29, 0.717) is 35.2 Å². The monoisotopic (exact) mass is 571 g/mol. The summed E-state index contributed by atoms with van der Waals surface area (Å²) < 4.78 is 9.13. The highest BCUT2D eigenvalue weighted by Crippen LogP contribution is 2.36. The van der Waals surface area contributed by atoms with E-state index in [1.807, 2.05) is 12.3 Å². The fraction of sp³-hybridized carbons (Fsp3) is 0.406. The average Bonchev–Trinajstić information content (AvgIpc) is 3.31. The normalized spacial score (nSPS) is 19.6. The number of aliphatic hydroxyl groups excluding tert-OH is 1. The highest BCUT2D eigenvalue weighted by molar-refractivity contribution is 6.77. The number of pyridine rings is 1. The number of hydrogen-bond donors (Lipinski definition) is 2. The number of fused-ring (bicyclic) bond motifs is 4. The third kappa shape index (κ3) is 4.80. The summed E-state index contributed by atoms with van der Waals surface area (Å²) in [4.78, 5) is 29.3. The lowest BCUT2D eigenvalue weighted by Gasteiger charge is -2.35. The largest absolute Gasteiger partial charge is 0.505 e. The Bertz CT molecular complexity index is 1770. The summed E-state index contributed by atoms with van der Waals surface area (Å²) in [5.41, 5.74) is 4.45. The molecule has 6 rings (SSSR count). The maximum absolute atomic E-state index is 12.4. The minimum Gasteiger partial charge on any atom is -0.505 e. The lowest BCUT2D eigenvalue weighted by molar-refractivity contribution is -0.163. The second-order valence-corrected chi connectivity index (χ2v) is 17.6. The molecule has 8 nitrogen and oxygen atoms in total. The zero-order valence-electron chi connectivity index (χ0n) is 23.9. The fourth-order valence-corrected chi connectivity index (χ4v) is 8.83. The Morgan fingerprint density at radius 1 is 1.12 bits per heavy atom. The molecule has 2 aromatic heterocycles. The van der Waals surface area contributed by atoms with Crippen molar-refractivity contribution in [2.45, 2.75) is 76.5 Å². The number of aliphatic hydroxyl groups is 2. The fourth-order valence-electron chi connectivity index (χ4n) is 6.51. The number of esters is 1. The quantitative estimate of drug-likeness (QED) is 0.249. The minimum absolute atomic E-state index is 0.0415. The summed E-state index contributed by atoms with van der Waals surface area (Å²) in [5.74, 6) is -0.622. The first-order valence-corrected chi connectivity index (χ1v) is 17.9. The highest BCUT2D eigenvalue weighted by Gasteiger charge is 2.47. The molecule has 3 aliphatic rings. The molecule has 0 fully saturated rings. The van der Waals surface area contributed by atoms with Gasteiger partial charge >= 0.3 is 5.97 Å². The van der Waals surface area contributed by atoms with Crippen molar-refractivity contribution >= 4 is 25.9 Å². The standard InChI is InChI=1S/C32H37N3O5Si/c1-4-32(39)25-18-26-29(30(37)24(25)20-40-31(32)38)35-19-23-21(9-7-10-22(23)17-27(35)33-26)12-16-41(2,3)15-8-14-34-13-6-5-11-28(34)36/h5-7,9-11,13,17,37,39H,4,8,12,14-16,18-20H2,1-3H3/t32-/m0/s1. The van der Waals surface area contributed by atoms with Crippen molar-refractivity contribution in [3.8, 4) is 0 Å².